The maximum absolute atomic E-state index is 13.3. The Morgan fingerprint density at radius 2 is 1.79 bits per heavy atom. The monoisotopic (exact) mass is 483 g/mol. The first-order valence-corrected chi connectivity index (χ1v) is 13.4. The molecule has 182 valence electrons. The Balaban J connectivity index is 1.59. The van der Waals surface area contributed by atoms with E-state index in [9.17, 15) is 13.2 Å². The van der Waals surface area contributed by atoms with Gasteiger partial charge >= 0.3 is 0 Å². The van der Waals surface area contributed by atoms with Gasteiger partial charge < -0.3 is 14.8 Å². The minimum atomic E-state index is -3.66. The van der Waals surface area contributed by atoms with E-state index in [4.69, 9.17) is 0 Å². The standard InChI is InChI=1S/C25H33N5O3S/c1-4-29(5-2)34(32,33)20-12-13-23(28-15-8-9-16-28)21(18-20)25(31)26-14-17-30-19(3)27-22-10-6-7-11-24(22)30/h6-7,10-13,18H,4-5,8-9,14-17H2,1-3H3,(H,26,31). The van der Waals surface area contributed by atoms with Gasteiger partial charge in [0.2, 0.25) is 10.0 Å². The molecule has 3 aromatic rings. The summed E-state index contributed by atoms with van der Waals surface area (Å²) in [4.78, 5) is 20.2. The second kappa shape index (κ2) is 10.1. The van der Waals surface area contributed by atoms with Crippen LogP contribution in [0.15, 0.2) is 47.4 Å². The number of carbonyl (C=O) groups excluding carboxylic acids is 1. The number of nitrogens with zero attached hydrogens (tertiary/aromatic N) is 4. The number of aryl methyl sites for hydroxylation is 1. The van der Waals surface area contributed by atoms with Gasteiger partial charge in [-0.3, -0.25) is 4.79 Å². The third-order valence-electron chi connectivity index (χ3n) is 6.47. The van der Waals surface area contributed by atoms with Crippen molar-refractivity contribution in [2.45, 2.75) is 45.1 Å². The van der Waals surface area contributed by atoms with Crippen LogP contribution < -0.4 is 10.2 Å². The van der Waals surface area contributed by atoms with Gasteiger partial charge in [-0.25, -0.2) is 13.4 Å². The molecule has 1 fully saturated rings. The summed E-state index contributed by atoms with van der Waals surface area (Å²) in [7, 11) is -3.66. The molecule has 34 heavy (non-hydrogen) atoms. The first-order chi connectivity index (χ1) is 16.4. The topological polar surface area (TPSA) is 87.5 Å². The molecule has 0 bridgehead atoms. The minimum Gasteiger partial charge on any atom is -0.371 e. The Hall–Kier alpha value is -2.91. The number of benzene rings is 2. The van der Waals surface area contributed by atoms with Crippen molar-refractivity contribution in [2.24, 2.45) is 0 Å². The lowest BCUT2D eigenvalue weighted by atomic mass is 10.1. The second-order valence-electron chi connectivity index (χ2n) is 8.52. The average molecular weight is 484 g/mol. The third-order valence-corrected chi connectivity index (χ3v) is 8.51. The fraction of sp³-hybridized carbons (Fsp3) is 0.440. The van der Waals surface area contributed by atoms with Crippen LogP contribution in [0.25, 0.3) is 11.0 Å². The fourth-order valence-corrected chi connectivity index (χ4v) is 6.14. The normalized spacial score (nSPS) is 14.3. The van der Waals surface area contributed by atoms with Gasteiger partial charge in [-0.2, -0.15) is 4.31 Å². The molecule has 2 aromatic carbocycles. The largest absolute Gasteiger partial charge is 0.371 e. The summed E-state index contributed by atoms with van der Waals surface area (Å²) in [6.07, 6.45) is 2.13. The maximum atomic E-state index is 13.3. The van der Waals surface area contributed by atoms with Crippen LogP contribution in [0.4, 0.5) is 5.69 Å². The van der Waals surface area contributed by atoms with E-state index in [1.165, 1.54) is 10.4 Å². The molecule has 1 N–H and O–H groups in total. The zero-order valence-corrected chi connectivity index (χ0v) is 20.9. The fourth-order valence-electron chi connectivity index (χ4n) is 4.66. The Kier molecular flexibility index (Phi) is 7.23. The van der Waals surface area contributed by atoms with Crippen LogP contribution in [0, 0.1) is 6.92 Å². The summed E-state index contributed by atoms with van der Waals surface area (Å²) in [6.45, 7) is 9.06. The summed E-state index contributed by atoms with van der Waals surface area (Å²) in [5, 5.41) is 3.01. The quantitative estimate of drug-likeness (QED) is 0.504. The zero-order chi connectivity index (χ0) is 24.3. The highest BCUT2D eigenvalue weighted by Crippen LogP contribution is 2.28. The van der Waals surface area contributed by atoms with Crippen molar-refractivity contribution < 1.29 is 13.2 Å². The lowest BCUT2D eigenvalue weighted by Crippen LogP contribution is -2.32. The molecule has 0 unspecified atom stereocenters. The van der Waals surface area contributed by atoms with Crippen LogP contribution in [0.2, 0.25) is 0 Å². The molecule has 0 spiro atoms. The van der Waals surface area contributed by atoms with Gasteiger partial charge in [0.1, 0.15) is 5.82 Å². The van der Waals surface area contributed by atoms with E-state index in [1.807, 2.05) is 45.0 Å². The Morgan fingerprint density at radius 1 is 1.09 bits per heavy atom. The van der Waals surface area contributed by atoms with E-state index in [-0.39, 0.29) is 10.8 Å². The van der Waals surface area contributed by atoms with Crippen LogP contribution in [-0.2, 0) is 16.6 Å². The molecule has 0 atom stereocenters. The number of anilines is 1. The molecule has 2 heterocycles. The highest BCUT2D eigenvalue weighted by molar-refractivity contribution is 7.89. The lowest BCUT2D eigenvalue weighted by Gasteiger charge is -2.23. The number of sulfonamides is 1. The Labute approximate surface area is 201 Å². The smallest absolute Gasteiger partial charge is 0.253 e. The molecular formula is C25H33N5O3S. The van der Waals surface area contributed by atoms with Crippen LogP contribution in [0.3, 0.4) is 0 Å². The Morgan fingerprint density at radius 3 is 2.50 bits per heavy atom. The predicted octanol–water partition coefficient (Wildman–Crippen LogP) is 3.41. The summed E-state index contributed by atoms with van der Waals surface area (Å²) in [5.41, 5.74) is 3.15. The van der Waals surface area contributed by atoms with E-state index in [1.54, 1.807) is 12.1 Å². The van der Waals surface area contributed by atoms with Crippen LogP contribution in [-0.4, -0.2) is 60.9 Å². The highest BCUT2D eigenvalue weighted by Gasteiger charge is 2.26. The third kappa shape index (κ3) is 4.67. The van der Waals surface area contributed by atoms with Crippen LogP contribution >= 0.6 is 0 Å². The summed E-state index contributed by atoms with van der Waals surface area (Å²) >= 11 is 0. The molecule has 1 aromatic heterocycles. The number of hydrogen-bond donors (Lipinski definition) is 1. The first-order valence-electron chi connectivity index (χ1n) is 12.0. The molecule has 0 saturated carbocycles. The van der Waals surface area contributed by atoms with Crippen molar-refractivity contribution in [2.75, 3.05) is 37.6 Å². The molecule has 1 amide bonds. The van der Waals surface area contributed by atoms with E-state index < -0.39 is 10.0 Å². The van der Waals surface area contributed by atoms with E-state index >= 15 is 0 Å². The number of nitrogens with one attached hydrogen (secondary N) is 1. The number of rotatable bonds is 9. The molecule has 1 aliphatic rings. The predicted molar refractivity (Wildman–Crippen MR) is 135 cm³/mol. The van der Waals surface area contributed by atoms with E-state index in [0.29, 0.717) is 31.7 Å². The van der Waals surface area contributed by atoms with E-state index in [2.05, 4.69) is 19.8 Å². The van der Waals surface area contributed by atoms with Crippen molar-refractivity contribution in [3.63, 3.8) is 0 Å². The van der Waals surface area contributed by atoms with Gasteiger partial charge in [-0.15, -0.1) is 0 Å². The maximum Gasteiger partial charge on any atom is 0.253 e. The van der Waals surface area contributed by atoms with Gasteiger partial charge in [0, 0.05) is 45.0 Å². The Bertz CT molecular complexity index is 1270. The van der Waals surface area contributed by atoms with Gasteiger partial charge in [-0.1, -0.05) is 26.0 Å². The van der Waals surface area contributed by atoms with Crippen molar-refractivity contribution in [1.82, 2.24) is 19.2 Å². The minimum absolute atomic E-state index is 0.153. The van der Waals surface area contributed by atoms with Gasteiger partial charge in [0.15, 0.2) is 0 Å². The first kappa shape index (κ1) is 24.2. The zero-order valence-electron chi connectivity index (χ0n) is 20.1. The molecule has 1 aliphatic heterocycles. The van der Waals surface area contributed by atoms with Crippen molar-refractivity contribution >= 4 is 32.7 Å². The highest BCUT2D eigenvalue weighted by atomic mass is 32.2. The molecular weight excluding hydrogens is 450 g/mol. The molecule has 4 rings (SSSR count). The second-order valence-corrected chi connectivity index (χ2v) is 10.5. The number of carbonyl (C=O) groups is 1. The summed E-state index contributed by atoms with van der Waals surface area (Å²) in [5.74, 6) is 0.626. The number of aromatic nitrogens is 2. The van der Waals surface area contributed by atoms with Crippen molar-refractivity contribution in [3.05, 3.63) is 53.9 Å². The SMILES string of the molecule is CCN(CC)S(=O)(=O)c1ccc(N2CCCC2)c(C(=O)NCCn2c(C)nc3ccccc32)c1. The van der Waals surface area contributed by atoms with Crippen LogP contribution in [0.1, 0.15) is 42.9 Å². The molecule has 9 heteroatoms. The number of amides is 1. The average Bonchev–Trinajstić information content (AvgIpc) is 3.47. The lowest BCUT2D eigenvalue weighted by molar-refractivity contribution is 0.0952. The van der Waals surface area contributed by atoms with Gasteiger partial charge in [-0.05, 0) is 50.1 Å². The van der Waals surface area contributed by atoms with Gasteiger partial charge in [0.25, 0.3) is 5.91 Å². The summed E-state index contributed by atoms with van der Waals surface area (Å²) in [6, 6.07) is 12.9. The van der Waals surface area contributed by atoms with Gasteiger partial charge in [0.05, 0.1) is 21.5 Å². The molecule has 8 nitrogen and oxygen atoms in total. The van der Waals surface area contributed by atoms with Crippen molar-refractivity contribution in [1.29, 1.82) is 0 Å². The number of hydrogen-bond acceptors (Lipinski definition) is 5. The molecule has 0 aliphatic carbocycles. The number of para-hydroxylation sites is 2. The van der Waals surface area contributed by atoms with E-state index in [0.717, 1.165) is 48.5 Å². The number of imidazole rings is 1. The van der Waals surface area contributed by atoms with Crippen LogP contribution in [0.5, 0.6) is 0 Å². The molecule has 1 saturated heterocycles. The summed E-state index contributed by atoms with van der Waals surface area (Å²) < 4.78 is 29.7. The molecule has 0 radical (unpaired) electrons. The van der Waals surface area contributed by atoms with Crippen molar-refractivity contribution in [3.8, 4) is 0 Å². The number of fused-ring (bicyclic) bond motifs is 1.